The molecule has 0 unspecified atom stereocenters. The Hall–Kier alpha value is -3.13. The van der Waals surface area contributed by atoms with Gasteiger partial charge in [-0.05, 0) is 23.8 Å². The Labute approximate surface area is 154 Å². The van der Waals surface area contributed by atoms with Gasteiger partial charge in [-0.2, -0.15) is 5.10 Å². The Bertz CT molecular complexity index is 837. The minimum Gasteiger partial charge on any atom is -0.493 e. The largest absolute Gasteiger partial charge is 0.493 e. The predicted molar refractivity (Wildman–Crippen MR) is 97.1 cm³/mol. The fourth-order valence-corrected chi connectivity index (χ4v) is 2.27. The number of methoxy groups -OCH3 is 2. The van der Waals surface area contributed by atoms with Crippen molar-refractivity contribution in [2.75, 3.05) is 14.2 Å². The van der Waals surface area contributed by atoms with E-state index >= 15 is 0 Å². The number of amides is 1. The summed E-state index contributed by atoms with van der Waals surface area (Å²) in [5.41, 5.74) is 3.03. The molecule has 0 aliphatic rings. The summed E-state index contributed by atoms with van der Waals surface area (Å²) in [5.74, 6) is 0.168. The van der Waals surface area contributed by atoms with Crippen LogP contribution >= 0.6 is 11.6 Å². The molecule has 2 aromatic rings. The van der Waals surface area contributed by atoms with Crippen molar-refractivity contribution >= 4 is 29.4 Å². The van der Waals surface area contributed by atoms with Crippen LogP contribution < -0.4 is 14.9 Å². The van der Waals surface area contributed by atoms with Crippen LogP contribution in [0.25, 0.3) is 0 Å². The maximum Gasteiger partial charge on any atom is 0.282 e. The minimum atomic E-state index is -0.571. The maximum atomic E-state index is 11.9. The molecule has 1 amide bonds. The molecule has 0 radical (unpaired) electrons. The minimum absolute atomic E-state index is 0.0997. The molecule has 9 heteroatoms. The molecule has 26 heavy (non-hydrogen) atoms. The lowest BCUT2D eigenvalue weighted by molar-refractivity contribution is -0.385. The van der Waals surface area contributed by atoms with Gasteiger partial charge in [0.2, 0.25) is 5.91 Å². The van der Waals surface area contributed by atoms with E-state index in [2.05, 4.69) is 10.5 Å². The molecule has 0 aliphatic heterocycles. The molecule has 0 fully saturated rings. The highest BCUT2D eigenvalue weighted by Crippen LogP contribution is 2.33. The highest BCUT2D eigenvalue weighted by Gasteiger charge is 2.18. The zero-order valence-electron chi connectivity index (χ0n) is 14.1. The lowest BCUT2D eigenvalue weighted by Crippen LogP contribution is -2.19. The zero-order valence-corrected chi connectivity index (χ0v) is 14.8. The number of nitro groups is 1. The van der Waals surface area contributed by atoms with Crippen LogP contribution in [0.4, 0.5) is 5.69 Å². The highest BCUT2D eigenvalue weighted by atomic mass is 35.5. The van der Waals surface area contributed by atoms with Crippen LogP contribution in [0, 0.1) is 10.1 Å². The van der Waals surface area contributed by atoms with Gasteiger partial charge >= 0.3 is 0 Å². The molecule has 8 nitrogen and oxygen atoms in total. The van der Waals surface area contributed by atoms with Gasteiger partial charge < -0.3 is 9.47 Å². The third kappa shape index (κ3) is 4.93. The molecular formula is C17H16ClN3O5. The number of nitrogens with zero attached hydrogens (tertiary/aromatic N) is 2. The van der Waals surface area contributed by atoms with E-state index in [0.717, 1.165) is 5.56 Å². The van der Waals surface area contributed by atoms with Gasteiger partial charge in [-0.3, -0.25) is 14.9 Å². The molecule has 2 rings (SSSR count). The van der Waals surface area contributed by atoms with E-state index in [9.17, 15) is 14.9 Å². The van der Waals surface area contributed by atoms with Crippen LogP contribution in [0.3, 0.4) is 0 Å². The average Bonchev–Trinajstić information content (AvgIpc) is 2.62. The molecule has 0 bridgehead atoms. The quantitative estimate of drug-likeness (QED) is 0.454. The van der Waals surface area contributed by atoms with E-state index in [-0.39, 0.29) is 29.3 Å². The normalized spacial score (nSPS) is 10.6. The predicted octanol–water partition coefficient (Wildman–Crippen LogP) is 2.96. The van der Waals surface area contributed by atoms with Crippen molar-refractivity contribution in [3.05, 3.63) is 62.7 Å². The van der Waals surface area contributed by atoms with Crippen molar-refractivity contribution in [1.29, 1.82) is 0 Å². The van der Waals surface area contributed by atoms with Gasteiger partial charge in [-0.1, -0.05) is 23.7 Å². The summed E-state index contributed by atoms with van der Waals surface area (Å²) in [7, 11) is 2.80. The maximum absolute atomic E-state index is 11.9. The number of hydrazone groups is 1. The first-order chi connectivity index (χ1) is 12.4. The number of nitrogens with one attached hydrogen (secondary N) is 1. The van der Waals surface area contributed by atoms with E-state index in [1.165, 1.54) is 32.6 Å². The summed E-state index contributed by atoms with van der Waals surface area (Å²) in [6.07, 6.45) is 1.28. The molecule has 0 saturated carbocycles. The molecule has 136 valence electrons. The van der Waals surface area contributed by atoms with Gasteiger partial charge in [0.25, 0.3) is 5.69 Å². The zero-order chi connectivity index (χ0) is 19.1. The Kier molecular flexibility index (Phi) is 6.51. The third-order valence-electron chi connectivity index (χ3n) is 3.40. The van der Waals surface area contributed by atoms with Gasteiger partial charge in [0.1, 0.15) is 0 Å². The van der Waals surface area contributed by atoms with E-state index in [0.29, 0.717) is 10.8 Å². The number of benzene rings is 2. The lowest BCUT2D eigenvalue weighted by atomic mass is 10.1. The summed E-state index contributed by atoms with van der Waals surface area (Å²) in [6.45, 7) is 0. The number of carbonyl (C=O) groups is 1. The number of nitro benzene ring substituents is 1. The lowest BCUT2D eigenvalue weighted by Gasteiger charge is -2.08. The Morgan fingerprint density at radius 3 is 2.42 bits per heavy atom. The number of hydrogen-bond donors (Lipinski definition) is 1. The van der Waals surface area contributed by atoms with Gasteiger partial charge in [0.05, 0.1) is 43.4 Å². The van der Waals surface area contributed by atoms with E-state index in [1.54, 1.807) is 24.3 Å². The molecule has 0 aromatic heterocycles. The van der Waals surface area contributed by atoms with E-state index in [1.807, 2.05) is 0 Å². The monoisotopic (exact) mass is 377 g/mol. The molecule has 2 aromatic carbocycles. The molecular weight excluding hydrogens is 362 g/mol. The molecule has 0 atom stereocenters. The SMILES string of the molecule is COc1cc(/C=N\NC(=O)Cc2ccc(Cl)cc2)c([N+](=O)[O-])cc1OC. The van der Waals surface area contributed by atoms with Crippen molar-refractivity contribution in [1.82, 2.24) is 5.43 Å². The van der Waals surface area contributed by atoms with Gasteiger partial charge in [-0.25, -0.2) is 5.43 Å². The van der Waals surface area contributed by atoms with Crippen LogP contribution in [0.1, 0.15) is 11.1 Å². The number of halogens is 1. The topological polar surface area (TPSA) is 103 Å². The van der Waals surface area contributed by atoms with Crippen molar-refractivity contribution in [2.45, 2.75) is 6.42 Å². The first kappa shape index (κ1) is 19.2. The Balaban J connectivity index is 2.12. The van der Waals surface area contributed by atoms with Crippen LogP contribution in [0.15, 0.2) is 41.5 Å². The second-order valence-corrected chi connectivity index (χ2v) is 5.56. The second-order valence-electron chi connectivity index (χ2n) is 5.12. The molecule has 0 heterocycles. The van der Waals surface area contributed by atoms with Crippen LogP contribution in [0.2, 0.25) is 5.02 Å². The Morgan fingerprint density at radius 1 is 1.23 bits per heavy atom. The fourth-order valence-electron chi connectivity index (χ4n) is 2.15. The molecule has 0 saturated heterocycles. The van der Waals surface area contributed by atoms with Crippen molar-refractivity contribution in [3.63, 3.8) is 0 Å². The van der Waals surface area contributed by atoms with Gasteiger partial charge in [-0.15, -0.1) is 0 Å². The van der Waals surface area contributed by atoms with E-state index in [4.69, 9.17) is 21.1 Å². The van der Waals surface area contributed by atoms with Crippen LogP contribution in [0.5, 0.6) is 11.5 Å². The summed E-state index contributed by atoms with van der Waals surface area (Å²) >= 11 is 5.79. The molecule has 1 N–H and O–H groups in total. The van der Waals surface area contributed by atoms with E-state index < -0.39 is 4.92 Å². The summed E-state index contributed by atoms with van der Waals surface area (Å²) in [5, 5.41) is 15.6. The molecule has 0 aliphatic carbocycles. The number of ether oxygens (including phenoxy) is 2. The third-order valence-corrected chi connectivity index (χ3v) is 3.65. The summed E-state index contributed by atoms with van der Waals surface area (Å²) in [4.78, 5) is 22.5. The highest BCUT2D eigenvalue weighted by molar-refractivity contribution is 6.30. The van der Waals surface area contributed by atoms with Gasteiger partial charge in [0.15, 0.2) is 11.5 Å². The Morgan fingerprint density at radius 2 is 1.85 bits per heavy atom. The van der Waals surface area contributed by atoms with Crippen molar-refractivity contribution in [3.8, 4) is 11.5 Å². The van der Waals surface area contributed by atoms with Crippen molar-refractivity contribution < 1.29 is 19.2 Å². The first-order valence-corrected chi connectivity index (χ1v) is 7.79. The second kappa shape index (κ2) is 8.82. The standard InChI is InChI=1S/C17H16ClN3O5/c1-25-15-8-12(14(21(23)24)9-16(15)26-2)10-19-20-17(22)7-11-3-5-13(18)6-4-11/h3-6,8-10H,7H2,1-2H3,(H,20,22)/b19-10-. The average molecular weight is 378 g/mol. The summed E-state index contributed by atoms with van der Waals surface area (Å²) in [6, 6.07) is 9.46. The number of hydrogen-bond acceptors (Lipinski definition) is 6. The first-order valence-electron chi connectivity index (χ1n) is 7.41. The van der Waals surface area contributed by atoms with Gasteiger partial charge in [0, 0.05) is 5.02 Å². The number of carbonyl (C=O) groups excluding carboxylic acids is 1. The van der Waals surface area contributed by atoms with Crippen molar-refractivity contribution in [2.24, 2.45) is 5.10 Å². The molecule has 0 spiro atoms. The number of rotatable bonds is 7. The van der Waals surface area contributed by atoms with Crippen LogP contribution in [-0.2, 0) is 11.2 Å². The smallest absolute Gasteiger partial charge is 0.282 e. The summed E-state index contributed by atoms with van der Waals surface area (Å²) < 4.78 is 10.2. The fraction of sp³-hybridized carbons (Fsp3) is 0.176. The van der Waals surface area contributed by atoms with Crippen LogP contribution in [-0.4, -0.2) is 31.3 Å².